The molecule has 1 aliphatic heterocycles. The minimum Gasteiger partial charge on any atom is -0.357 e. The summed E-state index contributed by atoms with van der Waals surface area (Å²) in [7, 11) is 0. The van der Waals surface area contributed by atoms with E-state index in [0.717, 1.165) is 36.0 Å². The monoisotopic (exact) mass is 295 g/mol. The van der Waals surface area contributed by atoms with Gasteiger partial charge in [-0.15, -0.1) is 0 Å². The van der Waals surface area contributed by atoms with Crippen LogP contribution in [0.25, 0.3) is 0 Å². The van der Waals surface area contributed by atoms with Crippen LogP contribution >= 0.6 is 11.6 Å². The van der Waals surface area contributed by atoms with Gasteiger partial charge < -0.3 is 10.2 Å². The average molecular weight is 296 g/mol. The smallest absolute Gasteiger partial charge is 0.128 e. The molecule has 2 heterocycles. The van der Waals surface area contributed by atoms with Gasteiger partial charge in [0.05, 0.1) is 5.02 Å². The number of aromatic nitrogens is 1. The molecule has 2 rings (SSSR count). The molecular formula is C16H26ClN3. The fraction of sp³-hybridized carbons (Fsp3) is 0.688. The molecule has 0 amide bonds. The molecule has 1 saturated heterocycles. The molecule has 0 aromatic carbocycles. The van der Waals surface area contributed by atoms with Gasteiger partial charge in [-0.1, -0.05) is 44.7 Å². The molecular weight excluding hydrogens is 270 g/mol. The van der Waals surface area contributed by atoms with Crippen LogP contribution < -0.4 is 10.2 Å². The highest BCUT2D eigenvalue weighted by molar-refractivity contribution is 6.31. The fourth-order valence-electron chi connectivity index (χ4n) is 2.57. The van der Waals surface area contributed by atoms with Gasteiger partial charge in [0.15, 0.2) is 0 Å². The van der Waals surface area contributed by atoms with E-state index in [2.05, 4.69) is 35.1 Å². The van der Waals surface area contributed by atoms with Crippen molar-refractivity contribution < 1.29 is 0 Å². The Morgan fingerprint density at radius 2 is 1.85 bits per heavy atom. The molecule has 0 unspecified atom stereocenters. The zero-order valence-electron chi connectivity index (χ0n) is 12.7. The molecule has 0 atom stereocenters. The lowest BCUT2D eigenvalue weighted by Crippen LogP contribution is -2.28. The molecule has 20 heavy (non-hydrogen) atoms. The van der Waals surface area contributed by atoms with Crippen LogP contribution in [-0.2, 0) is 6.54 Å². The maximum atomic E-state index is 6.26. The quantitative estimate of drug-likeness (QED) is 0.910. The highest BCUT2D eigenvalue weighted by atomic mass is 35.5. The Morgan fingerprint density at radius 3 is 2.50 bits per heavy atom. The minimum atomic E-state index is 0.462. The van der Waals surface area contributed by atoms with E-state index in [0.29, 0.717) is 6.04 Å². The molecule has 0 saturated carbocycles. The zero-order chi connectivity index (χ0) is 14.4. The van der Waals surface area contributed by atoms with Crippen molar-refractivity contribution in [3.8, 4) is 0 Å². The number of nitrogens with one attached hydrogen (secondary N) is 1. The average Bonchev–Trinajstić information content (AvgIpc) is 2.38. The summed E-state index contributed by atoms with van der Waals surface area (Å²) in [4.78, 5) is 6.94. The molecule has 112 valence electrons. The summed E-state index contributed by atoms with van der Waals surface area (Å²) >= 11 is 6.26. The van der Waals surface area contributed by atoms with E-state index in [4.69, 9.17) is 11.6 Å². The van der Waals surface area contributed by atoms with Crippen LogP contribution in [0.1, 0.15) is 51.5 Å². The summed E-state index contributed by atoms with van der Waals surface area (Å²) in [5.41, 5.74) is 1.15. The molecule has 1 N–H and O–H groups in total. The van der Waals surface area contributed by atoms with Crippen LogP contribution in [0.3, 0.4) is 0 Å². The molecule has 4 heteroatoms. The molecule has 0 spiro atoms. The maximum absolute atomic E-state index is 6.26. The highest BCUT2D eigenvalue weighted by Crippen LogP contribution is 2.22. The summed E-state index contributed by atoms with van der Waals surface area (Å²) in [5.74, 6) is 1.08. The van der Waals surface area contributed by atoms with E-state index < -0.39 is 0 Å². The lowest BCUT2D eigenvalue weighted by atomic mass is 10.1. The van der Waals surface area contributed by atoms with Gasteiger partial charge in [-0.05, 0) is 24.5 Å². The molecule has 1 fully saturated rings. The van der Waals surface area contributed by atoms with Crippen LogP contribution in [0.2, 0.25) is 5.02 Å². The predicted octanol–water partition coefficient (Wildman–Crippen LogP) is 4.00. The van der Waals surface area contributed by atoms with Crippen LogP contribution in [0, 0.1) is 0 Å². The summed E-state index contributed by atoms with van der Waals surface area (Å²) < 4.78 is 0. The Bertz CT molecular complexity index is 412. The lowest BCUT2D eigenvalue weighted by molar-refractivity contribution is 0.553. The Kier molecular flexibility index (Phi) is 6.11. The van der Waals surface area contributed by atoms with Crippen molar-refractivity contribution in [3.05, 3.63) is 22.8 Å². The Labute approximate surface area is 127 Å². The van der Waals surface area contributed by atoms with E-state index >= 15 is 0 Å². The highest BCUT2D eigenvalue weighted by Gasteiger charge is 2.12. The second-order valence-corrected chi connectivity index (χ2v) is 6.33. The normalized spacial score (nSPS) is 17.1. The van der Waals surface area contributed by atoms with Crippen LogP contribution in [0.15, 0.2) is 12.3 Å². The van der Waals surface area contributed by atoms with Crippen LogP contribution in [0.5, 0.6) is 0 Å². The van der Waals surface area contributed by atoms with Gasteiger partial charge >= 0.3 is 0 Å². The molecule has 0 radical (unpaired) electrons. The van der Waals surface area contributed by atoms with E-state index in [9.17, 15) is 0 Å². The third-order valence-corrected chi connectivity index (χ3v) is 4.14. The molecule has 1 aromatic heterocycles. The number of halogens is 1. The molecule has 3 nitrogen and oxygen atoms in total. The van der Waals surface area contributed by atoms with E-state index in [1.165, 1.54) is 32.1 Å². The third kappa shape index (κ3) is 4.64. The first-order valence-corrected chi connectivity index (χ1v) is 8.17. The third-order valence-electron chi connectivity index (χ3n) is 3.80. The number of hydrogen-bond acceptors (Lipinski definition) is 3. The maximum Gasteiger partial charge on any atom is 0.128 e. The Balaban J connectivity index is 2.08. The Morgan fingerprint density at radius 1 is 1.20 bits per heavy atom. The summed E-state index contributed by atoms with van der Waals surface area (Å²) in [6, 6.07) is 2.61. The van der Waals surface area contributed by atoms with Crippen molar-refractivity contribution in [3.63, 3.8) is 0 Å². The summed E-state index contributed by atoms with van der Waals surface area (Å²) in [6.45, 7) is 7.33. The van der Waals surface area contributed by atoms with Gasteiger partial charge in [0.1, 0.15) is 5.82 Å². The zero-order valence-corrected chi connectivity index (χ0v) is 13.4. The summed E-state index contributed by atoms with van der Waals surface area (Å²) in [5, 5.41) is 4.18. The number of pyridine rings is 1. The van der Waals surface area contributed by atoms with Gasteiger partial charge in [0, 0.05) is 31.9 Å². The van der Waals surface area contributed by atoms with Crippen molar-refractivity contribution in [1.82, 2.24) is 10.3 Å². The van der Waals surface area contributed by atoms with Crippen molar-refractivity contribution in [2.45, 2.75) is 58.5 Å². The molecule has 1 aromatic rings. The van der Waals surface area contributed by atoms with E-state index in [1.807, 2.05) is 0 Å². The van der Waals surface area contributed by atoms with E-state index in [1.54, 1.807) is 6.20 Å². The summed E-state index contributed by atoms with van der Waals surface area (Å²) in [6.07, 6.45) is 8.39. The molecule has 1 aliphatic rings. The van der Waals surface area contributed by atoms with Crippen LogP contribution in [0.4, 0.5) is 5.82 Å². The fourth-order valence-corrected chi connectivity index (χ4v) is 2.74. The van der Waals surface area contributed by atoms with Gasteiger partial charge in [-0.3, -0.25) is 0 Å². The number of anilines is 1. The Hall–Kier alpha value is -0.800. The van der Waals surface area contributed by atoms with Gasteiger partial charge in [-0.25, -0.2) is 4.98 Å². The van der Waals surface area contributed by atoms with Crippen molar-refractivity contribution in [2.75, 3.05) is 18.0 Å². The van der Waals surface area contributed by atoms with E-state index in [-0.39, 0.29) is 0 Å². The molecule has 0 aliphatic carbocycles. The van der Waals surface area contributed by atoms with Crippen LogP contribution in [-0.4, -0.2) is 24.1 Å². The number of rotatable bonds is 4. The standard InChI is InChI=1S/C16H26ClN3/c1-13(2)18-11-14-10-16(19-12-15(14)17)20-8-6-4-3-5-7-9-20/h10,12-13,18H,3-9,11H2,1-2H3. The molecule has 0 bridgehead atoms. The topological polar surface area (TPSA) is 28.2 Å². The van der Waals surface area contributed by atoms with Gasteiger partial charge in [0.2, 0.25) is 0 Å². The first-order chi connectivity index (χ1) is 9.66. The second kappa shape index (κ2) is 7.84. The first kappa shape index (κ1) is 15.6. The van der Waals surface area contributed by atoms with Crippen molar-refractivity contribution in [1.29, 1.82) is 0 Å². The first-order valence-electron chi connectivity index (χ1n) is 7.79. The number of hydrogen-bond donors (Lipinski definition) is 1. The SMILES string of the molecule is CC(C)NCc1cc(N2CCCCCCC2)ncc1Cl. The minimum absolute atomic E-state index is 0.462. The van der Waals surface area contributed by atoms with Gasteiger partial charge in [-0.2, -0.15) is 0 Å². The second-order valence-electron chi connectivity index (χ2n) is 5.92. The largest absolute Gasteiger partial charge is 0.357 e. The van der Waals surface area contributed by atoms with Gasteiger partial charge in [0.25, 0.3) is 0 Å². The van der Waals surface area contributed by atoms with Crippen molar-refractivity contribution in [2.24, 2.45) is 0 Å². The number of nitrogens with zero attached hydrogens (tertiary/aromatic N) is 2. The predicted molar refractivity (Wildman–Crippen MR) is 86.5 cm³/mol. The lowest BCUT2D eigenvalue weighted by Gasteiger charge is -2.26. The van der Waals surface area contributed by atoms with Crippen molar-refractivity contribution >= 4 is 17.4 Å².